The van der Waals surface area contributed by atoms with E-state index < -0.39 is 11.7 Å². The van der Waals surface area contributed by atoms with E-state index in [4.69, 9.17) is 16.1 Å². The lowest BCUT2D eigenvalue weighted by Crippen LogP contribution is -2.36. The molecule has 0 radical (unpaired) electrons. The molecule has 2 amide bonds. The summed E-state index contributed by atoms with van der Waals surface area (Å²) in [6.07, 6.45) is 0. The number of benzene rings is 1. The van der Waals surface area contributed by atoms with Gasteiger partial charge in [-0.25, -0.2) is 4.39 Å². The molecule has 8 heteroatoms. The number of rotatable bonds is 4. The first kappa shape index (κ1) is 16.0. The van der Waals surface area contributed by atoms with Gasteiger partial charge in [0, 0.05) is 18.7 Å². The molecule has 0 fully saturated rings. The summed E-state index contributed by atoms with van der Waals surface area (Å²) in [4.78, 5) is 24.8. The quantitative estimate of drug-likeness (QED) is 0.937. The van der Waals surface area contributed by atoms with Crippen LogP contribution in [-0.2, 0) is 9.59 Å². The number of anilines is 2. The monoisotopic (exact) mass is 325 g/mol. The number of aromatic nitrogens is 1. The van der Waals surface area contributed by atoms with Gasteiger partial charge in [-0.3, -0.25) is 14.5 Å². The summed E-state index contributed by atoms with van der Waals surface area (Å²) in [5, 5.41) is 6.13. The number of hydrogen-bond acceptors (Lipinski definition) is 4. The molecule has 1 heterocycles. The normalized spacial score (nSPS) is 10.4. The third-order valence-electron chi connectivity index (χ3n) is 2.78. The van der Waals surface area contributed by atoms with Gasteiger partial charge in [-0.05, 0) is 25.1 Å². The number of halogens is 2. The Hall–Kier alpha value is -2.41. The summed E-state index contributed by atoms with van der Waals surface area (Å²) in [7, 11) is 0. The Morgan fingerprint density at radius 1 is 1.41 bits per heavy atom. The SMILES string of the molecule is CC(=O)N(CC(=O)Nc1ccc(F)c(Cl)c1)c1cc(C)on1. The molecule has 22 heavy (non-hydrogen) atoms. The van der Waals surface area contributed by atoms with Crippen molar-refractivity contribution < 1.29 is 18.5 Å². The second-order valence-corrected chi connectivity index (χ2v) is 4.99. The maximum Gasteiger partial charge on any atom is 0.244 e. The molecule has 0 bridgehead atoms. The highest BCUT2D eigenvalue weighted by atomic mass is 35.5. The van der Waals surface area contributed by atoms with Crippen LogP contribution < -0.4 is 10.2 Å². The standard InChI is InChI=1S/C14H13ClFN3O3/c1-8-5-13(18-22-8)19(9(2)20)7-14(21)17-10-3-4-12(16)11(15)6-10/h3-6H,7H2,1-2H3,(H,17,21). The van der Waals surface area contributed by atoms with E-state index in [0.717, 1.165) is 11.0 Å². The van der Waals surface area contributed by atoms with Gasteiger partial charge in [0.05, 0.1) is 5.02 Å². The van der Waals surface area contributed by atoms with Crippen LogP contribution in [0.15, 0.2) is 28.8 Å². The average Bonchev–Trinajstić information content (AvgIpc) is 2.86. The maximum atomic E-state index is 13.1. The van der Waals surface area contributed by atoms with E-state index in [1.807, 2.05) is 0 Å². The molecular formula is C14H13ClFN3O3. The summed E-state index contributed by atoms with van der Waals surface area (Å²) in [5.74, 6) is -0.647. The molecule has 2 rings (SSSR count). The third kappa shape index (κ3) is 3.82. The topological polar surface area (TPSA) is 75.4 Å². The Labute approximate surface area is 130 Å². The minimum atomic E-state index is -0.580. The van der Waals surface area contributed by atoms with Crippen molar-refractivity contribution >= 4 is 34.9 Å². The van der Waals surface area contributed by atoms with Gasteiger partial charge >= 0.3 is 0 Å². The van der Waals surface area contributed by atoms with E-state index in [1.165, 1.54) is 19.1 Å². The molecule has 0 saturated carbocycles. The second-order valence-electron chi connectivity index (χ2n) is 4.58. The van der Waals surface area contributed by atoms with Crippen LogP contribution in [0.3, 0.4) is 0 Å². The number of aryl methyl sites for hydroxylation is 1. The van der Waals surface area contributed by atoms with Gasteiger partial charge in [0.15, 0.2) is 5.82 Å². The zero-order valence-electron chi connectivity index (χ0n) is 11.9. The molecule has 0 aliphatic carbocycles. The molecule has 0 atom stereocenters. The first-order valence-electron chi connectivity index (χ1n) is 6.33. The predicted octanol–water partition coefficient (Wildman–Crippen LogP) is 2.77. The van der Waals surface area contributed by atoms with Crippen molar-refractivity contribution in [3.8, 4) is 0 Å². The lowest BCUT2D eigenvalue weighted by molar-refractivity contribution is -0.120. The molecule has 0 saturated heterocycles. The van der Waals surface area contributed by atoms with Crippen LogP contribution in [0.5, 0.6) is 0 Å². The molecule has 0 aliphatic heterocycles. The Morgan fingerprint density at radius 3 is 2.68 bits per heavy atom. The van der Waals surface area contributed by atoms with Crippen LogP contribution in [-0.4, -0.2) is 23.5 Å². The molecule has 6 nitrogen and oxygen atoms in total. The molecule has 0 aliphatic rings. The number of nitrogens with one attached hydrogen (secondary N) is 1. The van der Waals surface area contributed by atoms with Gasteiger partial charge in [0.25, 0.3) is 0 Å². The number of amides is 2. The van der Waals surface area contributed by atoms with Gasteiger partial charge in [0.1, 0.15) is 18.1 Å². The second kappa shape index (κ2) is 6.57. The van der Waals surface area contributed by atoms with Crippen molar-refractivity contribution in [2.45, 2.75) is 13.8 Å². The van der Waals surface area contributed by atoms with E-state index >= 15 is 0 Å². The number of hydrogen-bond donors (Lipinski definition) is 1. The van der Waals surface area contributed by atoms with Crippen LogP contribution in [0.4, 0.5) is 15.9 Å². The molecule has 1 aromatic heterocycles. The van der Waals surface area contributed by atoms with Gasteiger partial charge in [-0.2, -0.15) is 0 Å². The fraction of sp³-hybridized carbons (Fsp3) is 0.214. The van der Waals surface area contributed by atoms with E-state index in [0.29, 0.717) is 11.4 Å². The number of carbonyl (C=O) groups excluding carboxylic acids is 2. The molecule has 1 N–H and O–H groups in total. The zero-order valence-corrected chi connectivity index (χ0v) is 12.6. The average molecular weight is 326 g/mol. The van der Waals surface area contributed by atoms with Crippen LogP contribution in [0.1, 0.15) is 12.7 Å². The first-order valence-corrected chi connectivity index (χ1v) is 6.71. The van der Waals surface area contributed by atoms with Gasteiger partial charge in [-0.15, -0.1) is 0 Å². The number of carbonyl (C=O) groups is 2. The summed E-state index contributed by atoms with van der Waals surface area (Å²) in [6.45, 7) is 2.73. The van der Waals surface area contributed by atoms with Crippen LogP contribution >= 0.6 is 11.6 Å². The van der Waals surface area contributed by atoms with Crippen molar-refractivity contribution in [2.24, 2.45) is 0 Å². The molecular weight excluding hydrogens is 313 g/mol. The fourth-order valence-corrected chi connectivity index (χ4v) is 1.93. The van der Waals surface area contributed by atoms with E-state index in [1.54, 1.807) is 13.0 Å². The first-order chi connectivity index (χ1) is 10.4. The summed E-state index contributed by atoms with van der Waals surface area (Å²) < 4.78 is 17.9. The highest BCUT2D eigenvalue weighted by Crippen LogP contribution is 2.19. The smallest absolute Gasteiger partial charge is 0.244 e. The van der Waals surface area contributed by atoms with Gasteiger partial charge in [-0.1, -0.05) is 16.8 Å². The molecule has 0 spiro atoms. The Bertz CT molecular complexity index is 717. The van der Waals surface area contributed by atoms with E-state index in [9.17, 15) is 14.0 Å². The molecule has 0 unspecified atom stereocenters. The molecule has 2 aromatic rings. The van der Waals surface area contributed by atoms with Crippen molar-refractivity contribution in [2.75, 3.05) is 16.8 Å². The highest BCUT2D eigenvalue weighted by molar-refractivity contribution is 6.31. The maximum absolute atomic E-state index is 13.1. The zero-order chi connectivity index (χ0) is 16.3. The van der Waals surface area contributed by atoms with Crippen molar-refractivity contribution in [1.82, 2.24) is 5.16 Å². The van der Waals surface area contributed by atoms with Crippen LogP contribution in [0.25, 0.3) is 0 Å². The highest BCUT2D eigenvalue weighted by Gasteiger charge is 2.19. The lowest BCUT2D eigenvalue weighted by atomic mass is 10.3. The summed E-state index contributed by atoms with van der Waals surface area (Å²) in [6, 6.07) is 5.34. The summed E-state index contributed by atoms with van der Waals surface area (Å²) >= 11 is 5.64. The number of nitrogens with zero attached hydrogens (tertiary/aromatic N) is 2. The summed E-state index contributed by atoms with van der Waals surface area (Å²) in [5.41, 5.74) is 0.330. The van der Waals surface area contributed by atoms with E-state index in [-0.39, 0.29) is 23.3 Å². The van der Waals surface area contributed by atoms with Crippen molar-refractivity contribution in [3.63, 3.8) is 0 Å². The van der Waals surface area contributed by atoms with E-state index in [2.05, 4.69) is 10.5 Å². The predicted molar refractivity (Wildman–Crippen MR) is 79.3 cm³/mol. The largest absolute Gasteiger partial charge is 0.360 e. The minimum absolute atomic E-state index is 0.103. The minimum Gasteiger partial charge on any atom is -0.360 e. The van der Waals surface area contributed by atoms with Crippen molar-refractivity contribution in [3.05, 3.63) is 40.9 Å². The van der Waals surface area contributed by atoms with Gasteiger partial charge < -0.3 is 9.84 Å². The molecule has 1 aromatic carbocycles. The Balaban J connectivity index is 2.08. The fourth-order valence-electron chi connectivity index (χ4n) is 1.75. The lowest BCUT2D eigenvalue weighted by Gasteiger charge is -2.17. The third-order valence-corrected chi connectivity index (χ3v) is 3.07. The van der Waals surface area contributed by atoms with Gasteiger partial charge in [0.2, 0.25) is 11.8 Å². The Kier molecular flexibility index (Phi) is 4.77. The van der Waals surface area contributed by atoms with Crippen molar-refractivity contribution in [1.29, 1.82) is 0 Å². The van der Waals surface area contributed by atoms with Crippen LogP contribution in [0.2, 0.25) is 5.02 Å². The van der Waals surface area contributed by atoms with Crippen LogP contribution in [0, 0.1) is 12.7 Å². The molecule has 116 valence electrons. The Morgan fingerprint density at radius 2 is 2.14 bits per heavy atom.